The van der Waals surface area contributed by atoms with Crippen molar-refractivity contribution in [3.63, 3.8) is 0 Å². The Kier molecular flexibility index (Phi) is 18.5. The predicted molar refractivity (Wildman–Crippen MR) is 48.6 cm³/mol. The van der Waals surface area contributed by atoms with Crippen molar-refractivity contribution in [1.29, 1.82) is 0 Å². The van der Waals surface area contributed by atoms with Crippen LogP contribution >= 0.6 is 0 Å². The number of unbranched alkanes of at least 4 members (excludes halogenated alkanes) is 3. The molecule has 0 bridgehead atoms. The maximum atomic E-state index is 5.18. The van der Waals surface area contributed by atoms with E-state index in [0.717, 1.165) is 13.2 Å². The molecule has 0 aromatic carbocycles. The van der Waals surface area contributed by atoms with Gasteiger partial charge in [0.25, 0.3) is 0 Å². The van der Waals surface area contributed by atoms with Gasteiger partial charge in [-0.05, 0) is 13.3 Å². The van der Waals surface area contributed by atoms with E-state index < -0.39 is 0 Å². The van der Waals surface area contributed by atoms with Crippen LogP contribution in [-0.4, -0.2) is 62.1 Å². The summed E-state index contributed by atoms with van der Waals surface area (Å²) in [5, 5.41) is 0. The molecule has 0 aliphatic rings. The molecule has 0 amide bonds. The Balaban J connectivity index is -0.000000107. The van der Waals surface area contributed by atoms with Crippen molar-refractivity contribution in [2.75, 3.05) is 13.2 Å². The van der Waals surface area contributed by atoms with E-state index in [9.17, 15) is 0 Å². The first-order chi connectivity index (χ1) is 4.41. The molecular formula is C8H20BaO. The molecule has 0 saturated heterocycles. The summed E-state index contributed by atoms with van der Waals surface area (Å²) in [6, 6.07) is 0. The third-order valence-electron chi connectivity index (χ3n) is 1.35. The van der Waals surface area contributed by atoms with Crippen LogP contribution in [0.4, 0.5) is 0 Å². The molecule has 0 heterocycles. The van der Waals surface area contributed by atoms with Gasteiger partial charge in [0.1, 0.15) is 0 Å². The Bertz CT molecular complexity index is 50.3. The first kappa shape index (κ1) is 14.1. The van der Waals surface area contributed by atoms with Gasteiger partial charge in [-0.3, -0.25) is 0 Å². The minimum absolute atomic E-state index is 0. The van der Waals surface area contributed by atoms with Crippen LogP contribution in [-0.2, 0) is 4.74 Å². The molecule has 1 nitrogen and oxygen atoms in total. The molecule has 0 radical (unpaired) electrons. The van der Waals surface area contributed by atoms with Gasteiger partial charge in [0.2, 0.25) is 0 Å². The average Bonchev–Trinajstić information content (AvgIpc) is 1.89. The third-order valence-corrected chi connectivity index (χ3v) is 1.35. The van der Waals surface area contributed by atoms with Crippen LogP contribution in [0.5, 0.6) is 0 Å². The molecule has 0 aliphatic heterocycles. The number of hydrogen-bond acceptors (Lipinski definition) is 1. The van der Waals surface area contributed by atoms with E-state index in [2.05, 4.69) is 6.92 Å². The van der Waals surface area contributed by atoms with E-state index in [1.165, 1.54) is 25.7 Å². The van der Waals surface area contributed by atoms with Crippen LogP contribution in [0, 0.1) is 0 Å². The molecule has 0 aromatic heterocycles. The zero-order valence-corrected chi connectivity index (χ0v) is 11.8. The normalized spacial score (nSPS) is 9.00. The van der Waals surface area contributed by atoms with Crippen molar-refractivity contribution >= 4 is 48.9 Å². The molecule has 0 unspecified atom stereocenters. The Labute approximate surface area is 108 Å². The minimum Gasteiger partial charge on any atom is -1.00 e. The maximum Gasteiger partial charge on any atom is 2.00 e. The molecule has 0 rings (SSSR count). The van der Waals surface area contributed by atoms with Crippen molar-refractivity contribution in [2.45, 2.75) is 39.5 Å². The van der Waals surface area contributed by atoms with E-state index in [0.29, 0.717) is 0 Å². The summed E-state index contributed by atoms with van der Waals surface area (Å²) in [5.41, 5.74) is 0. The van der Waals surface area contributed by atoms with Gasteiger partial charge >= 0.3 is 48.9 Å². The predicted octanol–water partition coefficient (Wildman–Crippen LogP) is 2.45. The van der Waals surface area contributed by atoms with E-state index in [-0.39, 0.29) is 51.7 Å². The van der Waals surface area contributed by atoms with Gasteiger partial charge in [0.05, 0.1) is 0 Å². The van der Waals surface area contributed by atoms with Gasteiger partial charge in [0, 0.05) is 13.2 Å². The van der Waals surface area contributed by atoms with Crippen LogP contribution < -0.4 is 0 Å². The molecule has 0 atom stereocenters. The summed E-state index contributed by atoms with van der Waals surface area (Å²) in [5.74, 6) is 0. The van der Waals surface area contributed by atoms with E-state index in [1.807, 2.05) is 6.92 Å². The standard InChI is InChI=1S/C8H18O.Ba.2H/c1-3-5-6-7-8-9-4-2;;;/h3-8H2,1-2H3;;;/q;+2;2*-1. The first-order valence-electron chi connectivity index (χ1n) is 3.99. The van der Waals surface area contributed by atoms with Crippen LogP contribution in [0.3, 0.4) is 0 Å². The third kappa shape index (κ3) is 12.2. The topological polar surface area (TPSA) is 9.23 Å². The molecule has 0 saturated carbocycles. The Morgan fingerprint density at radius 1 is 1.10 bits per heavy atom. The van der Waals surface area contributed by atoms with Crippen molar-refractivity contribution in [1.82, 2.24) is 0 Å². The van der Waals surface area contributed by atoms with Gasteiger partial charge in [-0.2, -0.15) is 0 Å². The van der Waals surface area contributed by atoms with Crippen molar-refractivity contribution in [2.24, 2.45) is 0 Å². The van der Waals surface area contributed by atoms with Gasteiger partial charge in [-0.1, -0.05) is 26.2 Å². The second-order valence-electron chi connectivity index (χ2n) is 2.26. The summed E-state index contributed by atoms with van der Waals surface area (Å²) < 4.78 is 5.18. The fraction of sp³-hybridized carbons (Fsp3) is 1.00. The van der Waals surface area contributed by atoms with E-state index in [1.54, 1.807) is 0 Å². The number of ether oxygens (including phenoxy) is 1. The van der Waals surface area contributed by atoms with Crippen LogP contribution in [0.2, 0.25) is 0 Å². The summed E-state index contributed by atoms with van der Waals surface area (Å²) in [6.07, 6.45) is 5.23. The number of hydrogen-bond donors (Lipinski definition) is 0. The fourth-order valence-corrected chi connectivity index (χ4v) is 0.775. The van der Waals surface area contributed by atoms with Gasteiger partial charge in [-0.25, -0.2) is 0 Å². The Hall–Kier alpha value is 1.53. The second-order valence-corrected chi connectivity index (χ2v) is 2.26. The van der Waals surface area contributed by atoms with E-state index >= 15 is 0 Å². The fourth-order valence-electron chi connectivity index (χ4n) is 0.775. The first-order valence-corrected chi connectivity index (χ1v) is 3.99. The van der Waals surface area contributed by atoms with Crippen LogP contribution in [0.1, 0.15) is 42.4 Å². The Morgan fingerprint density at radius 3 is 2.30 bits per heavy atom. The smallest absolute Gasteiger partial charge is 1.00 e. The molecule has 0 aliphatic carbocycles. The molecular weight excluding hydrogens is 249 g/mol. The zero-order chi connectivity index (χ0) is 6.95. The molecule has 60 valence electrons. The summed E-state index contributed by atoms with van der Waals surface area (Å²) >= 11 is 0. The Morgan fingerprint density at radius 2 is 1.80 bits per heavy atom. The monoisotopic (exact) mass is 270 g/mol. The van der Waals surface area contributed by atoms with Crippen LogP contribution in [0.25, 0.3) is 0 Å². The van der Waals surface area contributed by atoms with Crippen LogP contribution in [0.15, 0.2) is 0 Å². The zero-order valence-electron chi connectivity index (χ0n) is 9.36. The summed E-state index contributed by atoms with van der Waals surface area (Å²) in [4.78, 5) is 0. The molecule has 0 N–H and O–H groups in total. The molecule has 2 heteroatoms. The largest absolute Gasteiger partial charge is 2.00 e. The maximum absolute atomic E-state index is 5.18. The summed E-state index contributed by atoms with van der Waals surface area (Å²) in [6.45, 7) is 6.09. The molecule has 0 spiro atoms. The second kappa shape index (κ2) is 13.1. The van der Waals surface area contributed by atoms with Gasteiger partial charge in [0.15, 0.2) is 0 Å². The molecule has 0 aromatic rings. The SMILES string of the molecule is CCCCCCOCC.[Ba+2].[H-].[H-]. The van der Waals surface area contributed by atoms with E-state index in [4.69, 9.17) is 4.74 Å². The number of rotatable bonds is 6. The molecule has 10 heavy (non-hydrogen) atoms. The van der Waals surface area contributed by atoms with Gasteiger partial charge < -0.3 is 7.59 Å². The summed E-state index contributed by atoms with van der Waals surface area (Å²) in [7, 11) is 0. The van der Waals surface area contributed by atoms with Gasteiger partial charge in [-0.15, -0.1) is 0 Å². The van der Waals surface area contributed by atoms with Crippen molar-refractivity contribution < 1.29 is 7.59 Å². The minimum atomic E-state index is 0. The molecule has 0 fully saturated rings. The van der Waals surface area contributed by atoms with Crippen molar-refractivity contribution in [3.05, 3.63) is 0 Å². The quantitative estimate of drug-likeness (QED) is 0.532. The average molecular weight is 270 g/mol. The van der Waals surface area contributed by atoms with Crippen molar-refractivity contribution in [3.8, 4) is 0 Å².